The molecule has 1 aliphatic rings. The second kappa shape index (κ2) is 10.9. The number of methoxy groups -OCH3 is 1. The number of anilines is 2. The van der Waals surface area contributed by atoms with Crippen LogP contribution in [0.5, 0.6) is 11.5 Å². The Labute approximate surface area is 235 Å². The number of carbonyl (C=O) groups is 1. The lowest BCUT2D eigenvalue weighted by Gasteiger charge is -2.30. The summed E-state index contributed by atoms with van der Waals surface area (Å²) in [6.45, 7) is 2.88. The number of nitrogens with one attached hydrogen (secondary N) is 3. The minimum atomic E-state index is -2.50. The van der Waals surface area contributed by atoms with Gasteiger partial charge in [-0.25, -0.2) is 4.21 Å². The van der Waals surface area contributed by atoms with Gasteiger partial charge in [0.2, 0.25) is 0 Å². The number of halogens is 2. The minimum absolute atomic E-state index is 0.190. The van der Waals surface area contributed by atoms with E-state index >= 15 is 0 Å². The average Bonchev–Trinajstić information content (AvgIpc) is 3.32. The second-order valence-corrected chi connectivity index (χ2v) is 12.4. The van der Waals surface area contributed by atoms with Crippen LogP contribution in [0.25, 0.3) is 10.9 Å². The van der Waals surface area contributed by atoms with Crippen molar-refractivity contribution in [3.63, 3.8) is 0 Å². The Balaban J connectivity index is 1.35. The lowest BCUT2D eigenvalue weighted by atomic mass is 10.1. The number of hydrogen-bond donors (Lipinski definition) is 3. The molecule has 5 rings (SSSR count). The molecule has 0 radical (unpaired) electrons. The molecule has 3 N–H and O–H groups in total. The van der Waals surface area contributed by atoms with E-state index in [1.54, 1.807) is 24.3 Å². The van der Waals surface area contributed by atoms with Gasteiger partial charge in [-0.15, -0.1) is 0 Å². The van der Waals surface area contributed by atoms with E-state index in [0.717, 1.165) is 5.69 Å². The van der Waals surface area contributed by atoms with Gasteiger partial charge in [-0.1, -0.05) is 23.2 Å². The molecule has 1 atom stereocenters. The fourth-order valence-corrected chi connectivity index (χ4v) is 6.37. The van der Waals surface area contributed by atoms with Crippen molar-refractivity contribution in [1.82, 2.24) is 15.2 Å². The Morgan fingerprint density at radius 2 is 1.87 bits per heavy atom. The largest absolute Gasteiger partial charge is 0.494 e. The van der Waals surface area contributed by atoms with Crippen molar-refractivity contribution in [1.29, 1.82) is 4.78 Å². The van der Waals surface area contributed by atoms with Gasteiger partial charge in [-0.2, -0.15) is 5.10 Å². The molecule has 2 aromatic heterocycles. The highest BCUT2D eigenvalue weighted by Gasteiger charge is 2.22. The van der Waals surface area contributed by atoms with Gasteiger partial charge in [-0.3, -0.25) is 19.7 Å². The third kappa shape index (κ3) is 5.75. The molecule has 4 aromatic rings. The van der Waals surface area contributed by atoms with Crippen molar-refractivity contribution in [3.05, 3.63) is 70.1 Å². The summed E-state index contributed by atoms with van der Waals surface area (Å²) in [5.74, 6) is 1.21. The number of pyridine rings is 1. The summed E-state index contributed by atoms with van der Waals surface area (Å²) < 4.78 is 31.4. The second-order valence-electron chi connectivity index (χ2n) is 9.10. The average molecular weight is 590 g/mol. The van der Waals surface area contributed by atoms with Crippen LogP contribution >= 0.6 is 23.2 Å². The van der Waals surface area contributed by atoms with Crippen LogP contribution in [0.3, 0.4) is 0 Å². The summed E-state index contributed by atoms with van der Waals surface area (Å²) in [4.78, 5) is 19.3. The first kappa shape index (κ1) is 27.0. The number of aromatic nitrogens is 3. The third-order valence-electron chi connectivity index (χ3n) is 6.54. The molecule has 0 bridgehead atoms. The summed E-state index contributed by atoms with van der Waals surface area (Å²) in [5.41, 5.74) is 2.82. The van der Waals surface area contributed by atoms with E-state index in [0.29, 0.717) is 68.3 Å². The van der Waals surface area contributed by atoms with E-state index in [9.17, 15) is 9.00 Å². The van der Waals surface area contributed by atoms with Crippen molar-refractivity contribution in [3.8, 4) is 11.5 Å². The third-order valence-corrected chi connectivity index (χ3v) is 8.83. The number of carbonyl (C=O) groups excluding carboxylic acids is 1. The quantitative estimate of drug-likeness (QED) is 0.258. The number of benzene rings is 2. The molecule has 3 heterocycles. The maximum absolute atomic E-state index is 13.3. The highest BCUT2D eigenvalue weighted by molar-refractivity contribution is 7.92. The summed E-state index contributed by atoms with van der Waals surface area (Å²) in [5, 5.41) is 11.4. The van der Waals surface area contributed by atoms with E-state index < -0.39 is 21.7 Å². The number of fused-ring (bicyclic) bond motifs is 1. The van der Waals surface area contributed by atoms with Crippen molar-refractivity contribution in [2.24, 2.45) is 0 Å². The molecule has 39 heavy (non-hydrogen) atoms. The van der Waals surface area contributed by atoms with Crippen LogP contribution in [-0.4, -0.2) is 57.0 Å². The highest BCUT2D eigenvalue weighted by atomic mass is 35.5. The molecule has 1 aliphatic heterocycles. The molecule has 1 amide bonds. The molecule has 0 aliphatic carbocycles. The molecule has 2 aromatic carbocycles. The zero-order valence-corrected chi connectivity index (χ0v) is 23.5. The van der Waals surface area contributed by atoms with Crippen molar-refractivity contribution >= 4 is 61.1 Å². The molecule has 1 saturated heterocycles. The first-order valence-corrected chi connectivity index (χ1v) is 14.7. The minimum Gasteiger partial charge on any atom is -0.494 e. The fourth-order valence-electron chi connectivity index (χ4n) is 4.46. The van der Waals surface area contributed by atoms with Crippen LogP contribution in [0.4, 0.5) is 11.4 Å². The molecule has 0 saturated carbocycles. The number of nitrogens with zero attached hydrogens (tertiary/aromatic N) is 3. The van der Waals surface area contributed by atoms with E-state index in [4.69, 9.17) is 37.5 Å². The molecule has 0 spiro atoms. The maximum atomic E-state index is 13.3. The van der Waals surface area contributed by atoms with Gasteiger partial charge in [-0.05, 0) is 37.3 Å². The van der Waals surface area contributed by atoms with Gasteiger partial charge < -0.3 is 19.7 Å². The standard InChI is InChI=1S/C26H26Cl2N6O4S/c1-15(24-19(27)13-30-14-20(24)28)38-17-4-6-21-18(12-17)25(33-32-21)26(35)31-22-5-3-16(11-23(22)37-2)34-7-9-39(29,36)10-8-34/h3-6,11-15,29H,7-10H2,1-2H3,(H,31,35)(H,32,33). The number of rotatable bonds is 7. The van der Waals surface area contributed by atoms with Gasteiger partial charge >= 0.3 is 0 Å². The van der Waals surface area contributed by atoms with Crippen molar-refractivity contribution < 1.29 is 18.5 Å². The summed E-state index contributed by atoms with van der Waals surface area (Å²) in [6.07, 6.45) is 2.55. The van der Waals surface area contributed by atoms with Crippen LogP contribution < -0.4 is 19.7 Å². The topological polar surface area (TPSA) is 133 Å². The Morgan fingerprint density at radius 3 is 2.56 bits per heavy atom. The number of aromatic amines is 1. The number of hydrogen-bond acceptors (Lipinski definition) is 8. The van der Waals surface area contributed by atoms with Crippen LogP contribution in [0.15, 0.2) is 48.8 Å². The van der Waals surface area contributed by atoms with E-state index in [1.165, 1.54) is 19.5 Å². The molecule has 204 valence electrons. The van der Waals surface area contributed by atoms with Crippen LogP contribution in [0.1, 0.15) is 29.1 Å². The Morgan fingerprint density at radius 1 is 1.15 bits per heavy atom. The molecule has 13 heteroatoms. The number of amides is 1. The zero-order valence-electron chi connectivity index (χ0n) is 21.2. The Hall–Kier alpha value is -3.54. The summed E-state index contributed by atoms with van der Waals surface area (Å²) >= 11 is 12.5. The first-order valence-electron chi connectivity index (χ1n) is 12.1. The van der Waals surface area contributed by atoms with Gasteiger partial charge in [0, 0.05) is 69.4 Å². The zero-order chi connectivity index (χ0) is 27.7. The van der Waals surface area contributed by atoms with Gasteiger partial charge in [0.25, 0.3) is 5.91 Å². The SMILES string of the molecule is COc1cc(N2CCS(=N)(=O)CC2)ccc1NC(=O)c1n[nH]c2ccc(OC(C)c3c(Cl)cncc3Cl)cc12. The van der Waals surface area contributed by atoms with Crippen molar-refractivity contribution in [2.75, 3.05) is 41.9 Å². The molecule has 1 fully saturated rings. The number of ether oxygens (including phenoxy) is 2. The molecule has 10 nitrogen and oxygen atoms in total. The lowest BCUT2D eigenvalue weighted by molar-refractivity contribution is 0.102. The van der Waals surface area contributed by atoms with Gasteiger partial charge in [0.15, 0.2) is 5.69 Å². The predicted molar refractivity (Wildman–Crippen MR) is 153 cm³/mol. The maximum Gasteiger partial charge on any atom is 0.276 e. The lowest BCUT2D eigenvalue weighted by Crippen LogP contribution is -2.39. The smallest absolute Gasteiger partial charge is 0.276 e. The summed E-state index contributed by atoms with van der Waals surface area (Å²) in [6, 6.07) is 10.7. The van der Waals surface area contributed by atoms with E-state index in [2.05, 4.69) is 25.4 Å². The number of H-pyrrole nitrogens is 1. The van der Waals surface area contributed by atoms with Crippen LogP contribution in [-0.2, 0) is 9.73 Å². The van der Waals surface area contributed by atoms with Gasteiger partial charge in [0.1, 0.15) is 17.6 Å². The van der Waals surface area contributed by atoms with E-state index in [1.807, 2.05) is 19.1 Å². The Kier molecular flexibility index (Phi) is 7.57. The molecular weight excluding hydrogens is 563 g/mol. The van der Waals surface area contributed by atoms with Crippen LogP contribution in [0, 0.1) is 4.78 Å². The highest BCUT2D eigenvalue weighted by Crippen LogP contribution is 2.34. The van der Waals surface area contributed by atoms with Crippen LogP contribution in [0.2, 0.25) is 10.0 Å². The molecular formula is C26H26Cl2N6O4S. The van der Waals surface area contributed by atoms with E-state index in [-0.39, 0.29) is 5.69 Å². The first-order chi connectivity index (χ1) is 18.6. The predicted octanol–water partition coefficient (Wildman–Crippen LogP) is 5.53. The normalized spacial score (nSPS) is 15.6. The monoisotopic (exact) mass is 588 g/mol. The van der Waals surface area contributed by atoms with Gasteiger partial charge in [0.05, 0.1) is 28.4 Å². The Bertz CT molecular complexity index is 1630. The van der Waals surface area contributed by atoms with Crippen molar-refractivity contribution in [2.45, 2.75) is 13.0 Å². The fraction of sp³-hybridized carbons (Fsp3) is 0.269. The summed E-state index contributed by atoms with van der Waals surface area (Å²) in [7, 11) is -0.972. The molecule has 1 unspecified atom stereocenters.